The van der Waals surface area contributed by atoms with Gasteiger partial charge in [0.05, 0.1) is 6.42 Å². The van der Waals surface area contributed by atoms with E-state index in [4.69, 9.17) is 0 Å². The Kier molecular flexibility index (Phi) is 5.03. The van der Waals surface area contributed by atoms with Crippen molar-refractivity contribution in [3.63, 3.8) is 0 Å². The summed E-state index contributed by atoms with van der Waals surface area (Å²) in [5.74, 6) is -0.217. The van der Waals surface area contributed by atoms with Crippen LogP contribution in [0.3, 0.4) is 0 Å². The van der Waals surface area contributed by atoms with Crippen LogP contribution < -0.4 is 10.6 Å². The maximum Gasteiger partial charge on any atom is 0.242 e. The molecule has 1 fully saturated rings. The molecule has 0 saturated carbocycles. The molecule has 6 heteroatoms. The van der Waals surface area contributed by atoms with E-state index in [1.807, 2.05) is 25.1 Å². The fraction of sp³-hybridized carbons (Fsp3) is 0.409. The lowest BCUT2D eigenvalue weighted by molar-refractivity contribution is -0.127. The average molecular weight is 379 g/mol. The molecule has 1 aromatic heterocycles. The molecule has 0 bridgehead atoms. The van der Waals surface area contributed by atoms with Crippen LogP contribution in [0.25, 0.3) is 0 Å². The van der Waals surface area contributed by atoms with Gasteiger partial charge in [0.2, 0.25) is 11.8 Å². The molecule has 2 aliphatic rings. The molecule has 0 spiro atoms. The summed E-state index contributed by atoms with van der Waals surface area (Å²) in [6.07, 6.45) is 2.96. The Hall–Kier alpha value is -2.89. The Labute approximate surface area is 164 Å². The maximum absolute atomic E-state index is 12.7. The van der Waals surface area contributed by atoms with Crippen LogP contribution in [0.4, 0.5) is 0 Å². The summed E-state index contributed by atoms with van der Waals surface area (Å²) in [6, 6.07) is 9.67. The van der Waals surface area contributed by atoms with Crippen molar-refractivity contribution in [2.45, 2.75) is 51.6 Å². The lowest BCUT2D eigenvalue weighted by Crippen LogP contribution is -2.41. The summed E-state index contributed by atoms with van der Waals surface area (Å²) in [5, 5.41) is 5.54. The summed E-state index contributed by atoms with van der Waals surface area (Å²) >= 11 is 0. The van der Waals surface area contributed by atoms with Gasteiger partial charge in [-0.05, 0) is 37.3 Å². The Balaban J connectivity index is 1.63. The van der Waals surface area contributed by atoms with E-state index in [-0.39, 0.29) is 24.0 Å². The van der Waals surface area contributed by atoms with Gasteiger partial charge in [-0.15, -0.1) is 0 Å². The van der Waals surface area contributed by atoms with Crippen molar-refractivity contribution in [1.29, 1.82) is 0 Å². The Morgan fingerprint density at radius 3 is 2.71 bits per heavy atom. The minimum Gasteiger partial charge on any atom is -0.354 e. The molecule has 28 heavy (non-hydrogen) atoms. The first kappa shape index (κ1) is 18.5. The zero-order valence-corrected chi connectivity index (χ0v) is 16.1. The van der Waals surface area contributed by atoms with Crippen molar-refractivity contribution >= 4 is 17.6 Å². The predicted molar refractivity (Wildman–Crippen MR) is 105 cm³/mol. The molecule has 6 nitrogen and oxygen atoms in total. The van der Waals surface area contributed by atoms with Crippen molar-refractivity contribution in [2.24, 2.45) is 0 Å². The topological polar surface area (TPSA) is 80.2 Å². The zero-order valence-electron chi connectivity index (χ0n) is 16.1. The van der Waals surface area contributed by atoms with Crippen LogP contribution in [-0.2, 0) is 29.0 Å². The molecule has 0 radical (unpaired) electrons. The van der Waals surface area contributed by atoms with E-state index in [1.165, 1.54) is 5.56 Å². The van der Waals surface area contributed by atoms with E-state index in [1.54, 1.807) is 0 Å². The molecular formula is C22H25N3O3. The van der Waals surface area contributed by atoms with Gasteiger partial charge in [-0.25, -0.2) is 0 Å². The van der Waals surface area contributed by atoms with Gasteiger partial charge in [-0.1, -0.05) is 30.3 Å². The number of nitrogens with one attached hydrogen (secondary N) is 2. The lowest BCUT2D eigenvalue weighted by Gasteiger charge is -2.16. The largest absolute Gasteiger partial charge is 0.354 e. The van der Waals surface area contributed by atoms with E-state index in [0.29, 0.717) is 25.9 Å². The standard InChI is InChI=1S/C22H25N3O3/c1-14-16(12-20(27)24-17-10-11-23-22(17)28)21-18(8-5-9-19(21)26)25(14)13-15-6-3-2-4-7-15/h2-4,6-7,17H,5,8-13H2,1H3,(H,23,28)(H,24,27)/t17-/m0/s1. The molecule has 146 valence electrons. The number of hydrogen-bond donors (Lipinski definition) is 2. The molecule has 1 aliphatic heterocycles. The highest BCUT2D eigenvalue weighted by molar-refractivity contribution is 6.01. The van der Waals surface area contributed by atoms with E-state index in [9.17, 15) is 14.4 Å². The minimum atomic E-state index is -0.467. The molecular weight excluding hydrogens is 354 g/mol. The van der Waals surface area contributed by atoms with Crippen LogP contribution in [0.5, 0.6) is 0 Å². The van der Waals surface area contributed by atoms with Crippen LogP contribution in [0, 0.1) is 6.92 Å². The predicted octanol–water partition coefficient (Wildman–Crippen LogP) is 1.91. The van der Waals surface area contributed by atoms with E-state index in [2.05, 4.69) is 27.3 Å². The summed E-state index contributed by atoms with van der Waals surface area (Å²) in [7, 11) is 0. The maximum atomic E-state index is 12.7. The highest BCUT2D eigenvalue weighted by atomic mass is 16.2. The number of rotatable bonds is 5. The third-order valence-electron chi connectivity index (χ3n) is 5.76. The summed E-state index contributed by atoms with van der Waals surface area (Å²) in [5.41, 5.74) is 4.71. The molecule has 2 amide bonds. The van der Waals surface area contributed by atoms with E-state index < -0.39 is 6.04 Å². The van der Waals surface area contributed by atoms with E-state index >= 15 is 0 Å². The molecule has 2 aromatic rings. The van der Waals surface area contributed by atoms with Crippen molar-refractivity contribution < 1.29 is 14.4 Å². The zero-order chi connectivity index (χ0) is 19.7. The number of nitrogens with zero attached hydrogens (tertiary/aromatic N) is 1. The van der Waals surface area contributed by atoms with Crippen molar-refractivity contribution in [3.05, 3.63) is 58.4 Å². The molecule has 1 saturated heterocycles. The number of benzene rings is 1. The van der Waals surface area contributed by atoms with Gasteiger partial charge in [0, 0.05) is 36.5 Å². The fourth-order valence-corrected chi connectivity index (χ4v) is 4.32. The molecule has 1 aromatic carbocycles. The number of Topliss-reactive ketones (excluding diaryl/α,β-unsaturated/α-hetero) is 1. The average Bonchev–Trinajstić information content (AvgIpc) is 3.20. The van der Waals surface area contributed by atoms with Crippen LogP contribution in [0.2, 0.25) is 0 Å². The third-order valence-corrected chi connectivity index (χ3v) is 5.76. The van der Waals surface area contributed by atoms with Crippen molar-refractivity contribution in [1.82, 2.24) is 15.2 Å². The number of aromatic nitrogens is 1. The first-order valence-electron chi connectivity index (χ1n) is 9.89. The summed E-state index contributed by atoms with van der Waals surface area (Å²) in [6.45, 7) is 3.26. The summed E-state index contributed by atoms with van der Waals surface area (Å²) in [4.78, 5) is 37.0. The Bertz CT molecular complexity index is 930. The lowest BCUT2D eigenvalue weighted by atomic mass is 9.92. The van der Waals surface area contributed by atoms with E-state index in [0.717, 1.165) is 35.4 Å². The molecule has 0 unspecified atom stereocenters. The second-order valence-electron chi connectivity index (χ2n) is 7.61. The van der Waals surface area contributed by atoms with Crippen LogP contribution in [0.1, 0.15) is 52.1 Å². The summed E-state index contributed by atoms with van der Waals surface area (Å²) < 4.78 is 2.19. The Morgan fingerprint density at radius 2 is 2.00 bits per heavy atom. The first-order chi connectivity index (χ1) is 13.5. The molecule has 4 rings (SSSR count). The number of hydrogen-bond acceptors (Lipinski definition) is 3. The molecule has 2 N–H and O–H groups in total. The number of ketones is 1. The highest BCUT2D eigenvalue weighted by Gasteiger charge is 2.30. The van der Waals surface area contributed by atoms with Gasteiger partial charge in [0.25, 0.3) is 0 Å². The van der Waals surface area contributed by atoms with Crippen molar-refractivity contribution in [2.75, 3.05) is 6.54 Å². The van der Waals surface area contributed by atoms with Gasteiger partial charge in [0.15, 0.2) is 5.78 Å². The van der Waals surface area contributed by atoms with Crippen LogP contribution >= 0.6 is 0 Å². The van der Waals surface area contributed by atoms with Gasteiger partial charge in [-0.2, -0.15) is 0 Å². The van der Waals surface area contributed by atoms with Gasteiger partial charge >= 0.3 is 0 Å². The van der Waals surface area contributed by atoms with Crippen LogP contribution in [0.15, 0.2) is 30.3 Å². The first-order valence-corrected chi connectivity index (χ1v) is 9.89. The quantitative estimate of drug-likeness (QED) is 0.833. The Morgan fingerprint density at radius 1 is 1.21 bits per heavy atom. The second-order valence-corrected chi connectivity index (χ2v) is 7.61. The van der Waals surface area contributed by atoms with Gasteiger partial charge in [-0.3, -0.25) is 14.4 Å². The minimum absolute atomic E-state index is 0.123. The smallest absolute Gasteiger partial charge is 0.242 e. The SMILES string of the molecule is Cc1c(CC(=O)N[C@H]2CCNC2=O)c2c(n1Cc1ccccc1)CCCC2=O. The fourth-order valence-electron chi connectivity index (χ4n) is 4.32. The van der Waals surface area contributed by atoms with Gasteiger partial charge < -0.3 is 15.2 Å². The molecule has 2 heterocycles. The number of carbonyl (C=O) groups excluding carboxylic acids is 3. The monoisotopic (exact) mass is 379 g/mol. The third kappa shape index (κ3) is 3.46. The van der Waals surface area contributed by atoms with Crippen LogP contribution in [-0.4, -0.2) is 34.8 Å². The molecule has 1 atom stereocenters. The van der Waals surface area contributed by atoms with Gasteiger partial charge in [0.1, 0.15) is 6.04 Å². The number of carbonyl (C=O) groups is 3. The highest BCUT2D eigenvalue weighted by Crippen LogP contribution is 2.31. The molecule has 1 aliphatic carbocycles. The second kappa shape index (κ2) is 7.62. The van der Waals surface area contributed by atoms with Crippen molar-refractivity contribution in [3.8, 4) is 0 Å². The number of amides is 2. The number of fused-ring (bicyclic) bond motifs is 1. The normalized spacial score (nSPS) is 18.7.